The van der Waals surface area contributed by atoms with Crippen LogP contribution in [-0.4, -0.2) is 30.5 Å². The Morgan fingerprint density at radius 1 is 1.00 bits per heavy atom. The molecular formula is C22H28N2S. The number of nitrogens with one attached hydrogen (secondary N) is 1. The molecule has 2 nitrogen and oxygen atoms in total. The van der Waals surface area contributed by atoms with Gasteiger partial charge in [-0.25, -0.2) is 0 Å². The Hall–Kier alpha value is -1.71. The predicted octanol–water partition coefficient (Wildman–Crippen LogP) is 5.32. The second kappa shape index (κ2) is 8.11. The molecule has 0 saturated heterocycles. The third-order valence-corrected chi connectivity index (χ3v) is 5.73. The van der Waals surface area contributed by atoms with Gasteiger partial charge in [0.05, 0.1) is 0 Å². The van der Waals surface area contributed by atoms with Gasteiger partial charge in [-0.2, -0.15) is 11.8 Å². The van der Waals surface area contributed by atoms with Crippen molar-refractivity contribution in [1.82, 2.24) is 9.88 Å². The fraction of sp³-hybridized carbons (Fsp3) is 0.364. The Morgan fingerprint density at radius 2 is 1.80 bits per heavy atom. The van der Waals surface area contributed by atoms with Gasteiger partial charge in [-0.3, -0.25) is 0 Å². The van der Waals surface area contributed by atoms with Crippen LogP contribution in [0.2, 0.25) is 0 Å². The third kappa shape index (κ3) is 4.47. The number of nitrogens with zero attached hydrogens (tertiary/aromatic N) is 1. The Balaban J connectivity index is 1.81. The third-order valence-electron chi connectivity index (χ3n) is 4.72. The molecule has 3 aromatic rings. The smallest absolute Gasteiger partial charge is 0.0459 e. The van der Waals surface area contributed by atoms with Crippen LogP contribution in [0.5, 0.6) is 0 Å². The summed E-state index contributed by atoms with van der Waals surface area (Å²) in [6.45, 7) is 5.45. The van der Waals surface area contributed by atoms with Crippen molar-refractivity contribution in [1.29, 1.82) is 0 Å². The number of hydrogen-bond acceptors (Lipinski definition) is 2. The average Bonchev–Trinajstić information content (AvgIpc) is 2.92. The molecule has 1 aromatic heterocycles. The van der Waals surface area contributed by atoms with Crippen LogP contribution in [0.15, 0.2) is 42.5 Å². The second-order valence-corrected chi connectivity index (χ2v) is 8.09. The maximum absolute atomic E-state index is 3.67. The Kier molecular flexibility index (Phi) is 5.87. The SMILES string of the molecule is Cc1ccc2[nH]c(CCN(C)C)c(CSCc3ccccc3C)c2c1. The van der Waals surface area contributed by atoms with E-state index in [2.05, 4.69) is 80.3 Å². The van der Waals surface area contributed by atoms with Crippen LogP contribution in [0.25, 0.3) is 10.9 Å². The lowest BCUT2D eigenvalue weighted by atomic mass is 10.1. The molecule has 1 N–H and O–H groups in total. The highest BCUT2D eigenvalue weighted by atomic mass is 32.2. The lowest BCUT2D eigenvalue weighted by Crippen LogP contribution is -2.15. The van der Waals surface area contributed by atoms with Crippen LogP contribution < -0.4 is 0 Å². The molecule has 0 spiro atoms. The van der Waals surface area contributed by atoms with Gasteiger partial charge in [0.15, 0.2) is 0 Å². The maximum Gasteiger partial charge on any atom is 0.0459 e. The molecule has 25 heavy (non-hydrogen) atoms. The minimum absolute atomic E-state index is 1.06. The first-order chi connectivity index (χ1) is 12.0. The van der Waals surface area contributed by atoms with Crippen molar-refractivity contribution in [2.24, 2.45) is 0 Å². The monoisotopic (exact) mass is 352 g/mol. The van der Waals surface area contributed by atoms with E-state index in [9.17, 15) is 0 Å². The zero-order valence-corrected chi connectivity index (χ0v) is 16.5. The summed E-state index contributed by atoms with van der Waals surface area (Å²) in [5, 5.41) is 1.39. The van der Waals surface area contributed by atoms with Gasteiger partial charge in [0.1, 0.15) is 0 Å². The van der Waals surface area contributed by atoms with Crippen molar-refractivity contribution < 1.29 is 0 Å². The number of fused-ring (bicyclic) bond motifs is 1. The van der Waals surface area contributed by atoms with E-state index in [-0.39, 0.29) is 0 Å². The van der Waals surface area contributed by atoms with Crippen molar-refractivity contribution in [3.63, 3.8) is 0 Å². The highest BCUT2D eigenvalue weighted by molar-refractivity contribution is 7.97. The molecule has 0 aliphatic heterocycles. The summed E-state index contributed by atoms with van der Waals surface area (Å²) in [5.74, 6) is 2.12. The molecular weight excluding hydrogens is 324 g/mol. The zero-order valence-electron chi connectivity index (χ0n) is 15.7. The van der Waals surface area contributed by atoms with E-state index >= 15 is 0 Å². The average molecular weight is 353 g/mol. The fourth-order valence-electron chi connectivity index (χ4n) is 3.17. The molecule has 0 aliphatic carbocycles. The number of likely N-dealkylation sites (N-methyl/N-ethyl adjacent to an activating group) is 1. The number of thioether (sulfide) groups is 1. The van der Waals surface area contributed by atoms with E-state index in [1.165, 1.54) is 38.9 Å². The summed E-state index contributed by atoms with van der Waals surface area (Å²) >= 11 is 2.01. The molecule has 3 rings (SSSR count). The number of aryl methyl sites for hydroxylation is 2. The Bertz CT molecular complexity index is 848. The highest BCUT2D eigenvalue weighted by Crippen LogP contribution is 2.29. The number of H-pyrrole nitrogens is 1. The van der Waals surface area contributed by atoms with Gasteiger partial charge in [-0.05, 0) is 56.8 Å². The number of rotatable bonds is 7. The van der Waals surface area contributed by atoms with Crippen LogP contribution in [-0.2, 0) is 17.9 Å². The number of aromatic amines is 1. The van der Waals surface area contributed by atoms with Crippen LogP contribution in [0.3, 0.4) is 0 Å². The van der Waals surface area contributed by atoms with Gasteiger partial charge in [0.25, 0.3) is 0 Å². The van der Waals surface area contributed by atoms with Crippen LogP contribution in [0, 0.1) is 13.8 Å². The van der Waals surface area contributed by atoms with E-state index in [1.54, 1.807) is 0 Å². The molecule has 132 valence electrons. The van der Waals surface area contributed by atoms with E-state index < -0.39 is 0 Å². The first kappa shape index (κ1) is 18.1. The number of benzene rings is 2. The predicted molar refractivity (Wildman–Crippen MR) is 111 cm³/mol. The van der Waals surface area contributed by atoms with E-state index in [4.69, 9.17) is 0 Å². The van der Waals surface area contributed by atoms with Crippen LogP contribution >= 0.6 is 11.8 Å². The summed E-state index contributed by atoms with van der Waals surface area (Å²) in [5.41, 5.74) is 8.31. The molecule has 0 bridgehead atoms. The molecule has 3 heteroatoms. The first-order valence-corrected chi connectivity index (χ1v) is 10.1. The molecule has 0 saturated carbocycles. The van der Waals surface area contributed by atoms with Crippen molar-refractivity contribution >= 4 is 22.7 Å². The summed E-state index contributed by atoms with van der Waals surface area (Å²) in [6, 6.07) is 15.4. The van der Waals surface area contributed by atoms with Gasteiger partial charge < -0.3 is 9.88 Å². The van der Waals surface area contributed by atoms with Crippen molar-refractivity contribution in [3.05, 3.63) is 70.4 Å². The first-order valence-electron chi connectivity index (χ1n) is 8.91. The standard InChI is InChI=1S/C22H28N2S/c1-16-9-10-21-19(13-16)20(22(23-21)11-12-24(3)4)15-25-14-18-8-6-5-7-17(18)2/h5-10,13,23H,11-12,14-15H2,1-4H3. The van der Waals surface area contributed by atoms with Gasteiger partial charge >= 0.3 is 0 Å². The normalized spacial score (nSPS) is 11.6. The molecule has 2 aromatic carbocycles. The van der Waals surface area contributed by atoms with E-state index in [1.807, 2.05) is 11.8 Å². The second-order valence-electron chi connectivity index (χ2n) is 7.10. The largest absolute Gasteiger partial charge is 0.358 e. The van der Waals surface area contributed by atoms with Crippen LogP contribution in [0.4, 0.5) is 0 Å². The maximum atomic E-state index is 3.67. The lowest BCUT2D eigenvalue weighted by molar-refractivity contribution is 0.412. The van der Waals surface area contributed by atoms with Gasteiger partial charge in [0.2, 0.25) is 0 Å². The van der Waals surface area contributed by atoms with E-state index in [0.717, 1.165) is 24.5 Å². The summed E-state index contributed by atoms with van der Waals surface area (Å²) in [6.07, 6.45) is 1.07. The molecule has 0 amide bonds. The summed E-state index contributed by atoms with van der Waals surface area (Å²) in [7, 11) is 4.28. The van der Waals surface area contributed by atoms with Crippen molar-refractivity contribution in [3.8, 4) is 0 Å². The van der Waals surface area contributed by atoms with Gasteiger partial charge in [0, 0.05) is 41.1 Å². The van der Waals surface area contributed by atoms with Gasteiger partial charge in [-0.15, -0.1) is 0 Å². The topological polar surface area (TPSA) is 19.0 Å². The fourth-order valence-corrected chi connectivity index (χ4v) is 4.35. The Labute approximate surface area is 155 Å². The number of hydrogen-bond donors (Lipinski definition) is 1. The molecule has 0 radical (unpaired) electrons. The summed E-state index contributed by atoms with van der Waals surface area (Å²) in [4.78, 5) is 5.92. The molecule has 0 fully saturated rings. The summed E-state index contributed by atoms with van der Waals surface area (Å²) < 4.78 is 0. The number of aromatic nitrogens is 1. The molecule has 0 atom stereocenters. The minimum atomic E-state index is 1.06. The minimum Gasteiger partial charge on any atom is -0.358 e. The quantitative estimate of drug-likeness (QED) is 0.620. The lowest BCUT2D eigenvalue weighted by Gasteiger charge is -2.10. The molecule has 0 unspecified atom stereocenters. The molecule has 0 aliphatic rings. The molecule has 1 heterocycles. The van der Waals surface area contributed by atoms with Gasteiger partial charge in [-0.1, -0.05) is 35.9 Å². The zero-order chi connectivity index (χ0) is 17.8. The van der Waals surface area contributed by atoms with Crippen molar-refractivity contribution in [2.45, 2.75) is 31.8 Å². The van der Waals surface area contributed by atoms with E-state index in [0.29, 0.717) is 0 Å². The highest BCUT2D eigenvalue weighted by Gasteiger charge is 2.12. The van der Waals surface area contributed by atoms with Crippen molar-refractivity contribution in [2.75, 3.05) is 20.6 Å². The van der Waals surface area contributed by atoms with Crippen LogP contribution in [0.1, 0.15) is 27.9 Å². The Morgan fingerprint density at radius 3 is 2.56 bits per heavy atom.